The van der Waals surface area contributed by atoms with Gasteiger partial charge in [0.15, 0.2) is 11.4 Å². The number of Topliss-reactive ketones (excluding diaryl/α,β-unsaturated/α-hetero) is 1. The molecular weight excluding hydrogens is 384 g/mol. The van der Waals surface area contributed by atoms with Crippen LogP contribution < -0.4 is 4.74 Å². The van der Waals surface area contributed by atoms with Crippen molar-refractivity contribution in [1.82, 2.24) is 0 Å². The first-order chi connectivity index (χ1) is 13.5. The zero-order valence-corrected chi connectivity index (χ0v) is 19.0. The zero-order valence-electron chi connectivity index (χ0n) is 18.2. The van der Waals surface area contributed by atoms with Gasteiger partial charge in [0.2, 0.25) is 0 Å². The molecule has 2 aromatic rings. The Bertz CT molecular complexity index is 877. The minimum atomic E-state index is -1.31. The topological polar surface area (TPSA) is 63.6 Å². The van der Waals surface area contributed by atoms with Crippen LogP contribution in [-0.2, 0) is 4.79 Å². The Morgan fingerprint density at radius 1 is 1.03 bits per heavy atom. The molecule has 0 spiro atoms. The summed E-state index contributed by atoms with van der Waals surface area (Å²) in [5.41, 5.74) is 2.19. The lowest BCUT2D eigenvalue weighted by molar-refractivity contribution is -0.152. The number of ketones is 1. The van der Waals surface area contributed by atoms with Crippen LogP contribution in [-0.4, -0.2) is 28.7 Å². The predicted molar refractivity (Wildman–Crippen MR) is 118 cm³/mol. The van der Waals surface area contributed by atoms with Crippen molar-refractivity contribution in [2.75, 3.05) is 6.26 Å². The van der Waals surface area contributed by atoms with Crippen molar-refractivity contribution in [3.05, 3.63) is 58.7 Å². The van der Waals surface area contributed by atoms with Crippen molar-refractivity contribution >= 4 is 23.5 Å². The van der Waals surface area contributed by atoms with E-state index in [1.165, 1.54) is 13.8 Å². The molecule has 0 aromatic heterocycles. The van der Waals surface area contributed by atoms with Gasteiger partial charge in [0, 0.05) is 16.4 Å². The predicted octanol–water partition coefficient (Wildman–Crippen LogP) is 5.89. The molecule has 0 fully saturated rings. The lowest BCUT2D eigenvalue weighted by Crippen LogP contribution is -2.38. The van der Waals surface area contributed by atoms with Gasteiger partial charge in [0.25, 0.3) is 0 Å². The van der Waals surface area contributed by atoms with Crippen molar-refractivity contribution < 1.29 is 19.4 Å². The number of benzene rings is 2. The van der Waals surface area contributed by atoms with E-state index in [1.54, 1.807) is 11.8 Å². The summed E-state index contributed by atoms with van der Waals surface area (Å²) in [7, 11) is 0. The van der Waals surface area contributed by atoms with E-state index in [0.29, 0.717) is 5.75 Å². The quantitative estimate of drug-likeness (QED) is 0.431. The smallest absolute Gasteiger partial charge is 0.347 e. The normalized spacial score (nSPS) is 13.6. The van der Waals surface area contributed by atoms with Crippen LogP contribution in [0.1, 0.15) is 60.7 Å². The summed E-state index contributed by atoms with van der Waals surface area (Å²) in [6.07, 6.45) is 2.01. The first-order valence-corrected chi connectivity index (χ1v) is 10.9. The van der Waals surface area contributed by atoms with Crippen LogP contribution >= 0.6 is 11.8 Å². The fourth-order valence-corrected chi connectivity index (χ4v) is 3.65. The molecule has 2 atom stereocenters. The van der Waals surface area contributed by atoms with Crippen molar-refractivity contribution in [3.63, 3.8) is 0 Å². The summed E-state index contributed by atoms with van der Waals surface area (Å²) in [5, 5.41) is 9.34. The number of hydrogen-bond donors (Lipinski definition) is 1. The third-order valence-electron chi connectivity index (χ3n) is 5.42. The lowest BCUT2D eigenvalue weighted by Gasteiger charge is -2.26. The van der Waals surface area contributed by atoms with Gasteiger partial charge >= 0.3 is 5.97 Å². The largest absolute Gasteiger partial charge is 0.478 e. The molecule has 0 heterocycles. The molecule has 2 aromatic carbocycles. The van der Waals surface area contributed by atoms with E-state index in [1.807, 2.05) is 63.4 Å². The molecule has 0 bridgehead atoms. The van der Waals surface area contributed by atoms with Crippen molar-refractivity contribution in [2.45, 2.75) is 58.0 Å². The Kier molecular flexibility index (Phi) is 7.17. The molecule has 0 saturated heterocycles. The fourth-order valence-electron chi connectivity index (χ4n) is 3.24. The molecule has 0 aliphatic carbocycles. The Morgan fingerprint density at radius 2 is 1.55 bits per heavy atom. The summed E-state index contributed by atoms with van der Waals surface area (Å²) < 4.78 is 5.79. The monoisotopic (exact) mass is 414 g/mol. The number of carboxylic acid groups (broad SMARTS) is 1. The summed E-state index contributed by atoms with van der Waals surface area (Å²) in [6, 6.07) is 11.7. The van der Waals surface area contributed by atoms with E-state index < -0.39 is 11.6 Å². The summed E-state index contributed by atoms with van der Waals surface area (Å²) >= 11 is 1.65. The van der Waals surface area contributed by atoms with Crippen molar-refractivity contribution in [2.24, 2.45) is 5.92 Å². The average molecular weight is 415 g/mol. The highest BCUT2D eigenvalue weighted by Gasteiger charge is 2.31. The van der Waals surface area contributed by atoms with Gasteiger partial charge in [0.1, 0.15) is 5.75 Å². The van der Waals surface area contributed by atoms with E-state index in [-0.39, 0.29) is 17.6 Å². The molecule has 1 N–H and O–H groups in total. The van der Waals surface area contributed by atoms with Crippen LogP contribution in [0.4, 0.5) is 0 Å². The van der Waals surface area contributed by atoms with Gasteiger partial charge < -0.3 is 9.84 Å². The minimum Gasteiger partial charge on any atom is -0.478 e. The van der Waals surface area contributed by atoms with E-state index >= 15 is 0 Å². The van der Waals surface area contributed by atoms with E-state index in [4.69, 9.17) is 4.74 Å². The number of thioether (sulfide) groups is 1. The third kappa shape index (κ3) is 5.21. The Morgan fingerprint density at radius 3 is 2.00 bits per heavy atom. The first kappa shape index (κ1) is 23.0. The Labute approximate surface area is 177 Å². The molecule has 2 rings (SSSR count). The van der Waals surface area contributed by atoms with Gasteiger partial charge in [-0.2, -0.15) is 0 Å². The van der Waals surface area contributed by atoms with Gasteiger partial charge in [0.05, 0.1) is 0 Å². The van der Waals surface area contributed by atoms with E-state index in [2.05, 4.69) is 6.92 Å². The molecule has 0 saturated carbocycles. The number of carboxylic acids is 1. The molecule has 4 nitrogen and oxygen atoms in total. The second-order valence-corrected chi connectivity index (χ2v) is 8.95. The number of aliphatic carboxylic acids is 1. The number of carbonyl (C=O) groups is 2. The number of carbonyl (C=O) groups excluding carboxylic acids is 1. The Balaban J connectivity index is 2.26. The van der Waals surface area contributed by atoms with Crippen LogP contribution in [0.2, 0.25) is 0 Å². The highest BCUT2D eigenvalue weighted by atomic mass is 32.2. The fraction of sp³-hybridized carbons (Fsp3) is 0.417. The molecule has 0 radical (unpaired) electrons. The van der Waals surface area contributed by atoms with Crippen LogP contribution in [0.3, 0.4) is 0 Å². The first-order valence-electron chi connectivity index (χ1n) is 9.69. The van der Waals surface area contributed by atoms with Gasteiger partial charge in [-0.05, 0) is 68.7 Å². The van der Waals surface area contributed by atoms with Crippen LogP contribution in [0.25, 0.3) is 0 Å². The Hall–Kier alpha value is -2.27. The van der Waals surface area contributed by atoms with Crippen molar-refractivity contribution in [1.29, 1.82) is 0 Å². The molecule has 0 aliphatic rings. The number of hydrogen-bond acceptors (Lipinski definition) is 4. The van der Waals surface area contributed by atoms with Gasteiger partial charge in [-0.25, -0.2) is 4.79 Å². The summed E-state index contributed by atoms with van der Waals surface area (Å²) in [4.78, 5) is 25.5. The van der Waals surface area contributed by atoms with Gasteiger partial charge in [-0.15, -0.1) is 11.8 Å². The molecule has 0 aliphatic heterocycles. The van der Waals surface area contributed by atoms with E-state index in [0.717, 1.165) is 27.1 Å². The molecule has 156 valence electrons. The molecule has 29 heavy (non-hydrogen) atoms. The second-order valence-electron chi connectivity index (χ2n) is 8.07. The van der Waals surface area contributed by atoms with Crippen LogP contribution in [0.15, 0.2) is 41.3 Å². The maximum Gasteiger partial charge on any atom is 0.347 e. The molecular formula is C24H30O4S. The van der Waals surface area contributed by atoms with Crippen LogP contribution in [0, 0.1) is 19.8 Å². The minimum absolute atomic E-state index is 0.0154. The maximum atomic E-state index is 13.0. The summed E-state index contributed by atoms with van der Waals surface area (Å²) in [6.45, 7) is 10.9. The third-order valence-corrected chi connectivity index (χ3v) is 6.16. The van der Waals surface area contributed by atoms with Gasteiger partial charge in [-0.3, -0.25) is 4.79 Å². The van der Waals surface area contributed by atoms with Crippen LogP contribution in [0.5, 0.6) is 5.75 Å². The molecule has 1 unspecified atom stereocenters. The average Bonchev–Trinajstić information content (AvgIpc) is 2.68. The highest BCUT2D eigenvalue weighted by molar-refractivity contribution is 7.98. The lowest BCUT2D eigenvalue weighted by atomic mass is 9.82. The standard InChI is InChI=1S/C24H30O4S/c1-14-12-19(13-15(2)22(14)28-24(5,6)23(26)27)16(3)17(4)21(25)18-8-10-20(29-7)11-9-18/h8-13,16-17H,1-7H3,(H,26,27)/t16?,17-/m1/s1. The molecule has 0 amide bonds. The van der Waals surface area contributed by atoms with E-state index in [9.17, 15) is 14.7 Å². The highest BCUT2D eigenvalue weighted by Crippen LogP contribution is 2.34. The maximum absolute atomic E-state index is 13.0. The number of ether oxygens (including phenoxy) is 1. The number of rotatable bonds is 8. The number of aryl methyl sites for hydroxylation is 2. The summed E-state index contributed by atoms with van der Waals surface area (Å²) in [5.74, 6) is -0.481. The van der Waals surface area contributed by atoms with Crippen molar-refractivity contribution in [3.8, 4) is 5.75 Å². The molecule has 5 heteroatoms. The van der Waals surface area contributed by atoms with Gasteiger partial charge in [-0.1, -0.05) is 38.1 Å². The zero-order chi connectivity index (χ0) is 21.9. The SMILES string of the molecule is CSc1ccc(C(=O)[C@H](C)C(C)c2cc(C)c(OC(C)(C)C(=O)O)c(C)c2)cc1. The second kappa shape index (κ2) is 9.04.